The molecule has 1 atom stereocenters. The molecule has 0 radical (unpaired) electrons. The summed E-state index contributed by atoms with van der Waals surface area (Å²) in [7, 11) is 0. The molecule has 150 valence electrons. The lowest BCUT2D eigenvalue weighted by Gasteiger charge is -2.42. The van der Waals surface area contributed by atoms with Crippen LogP contribution < -0.4 is 10.2 Å². The molecule has 7 heteroatoms. The predicted octanol–water partition coefficient (Wildman–Crippen LogP) is 1.67. The van der Waals surface area contributed by atoms with Gasteiger partial charge in [0.15, 0.2) is 5.65 Å². The molecule has 0 aliphatic carbocycles. The minimum absolute atomic E-state index is 0.102. The zero-order valence-corrected chi connectivity index (χ0v) is 17.1. The van der Waals surface area contributed by atoms with Crippen LogP contribution in [0, 0.1) is 11.3 Å². The highest BCUT2D eigenvalue weighted by Crippen LogP contribution is 2.36. The number of fused-ring (bicyclic) bond motifs is 2. The molecule has 28 heavy (non-hydrogen) atoms. The monoisotopic (exact) mass is 382 g/mol. The van der Waals surface area contributed by atoms with E-state index >= 15 is 0 Å². The molecule has 0 spiro atoms. The van der Waals surface area contributed by atoms with Crippen molar-refractivity contribution in [3.05, 3.63) is 23.5 Å². The molecule has 0 saturated carbocycles. The summed E-state index contributed by atoms with van der Waals surface area (Å²) in [4.78, 5) is 22.3. The van der Waals surface area contributed by atoms with Gasteiger partial charge in [0.2, 0.25) is 5.91 Å². The maximum absolute atomic E-state index is 13.0. The van der Waals surface area contributed by atoms with Crippen molar-refractivity contribution in [2.45, 2.75) is 39.5 Å². The average molecular weight is 383 g/mol. The van der Waals surface area contributed by atoms with Gasteiger partial charge in [-0.3, -0.25) is 4.79 Å². The summed E-state index contributed by atoms with van der Waals surface area (Å²) >= 11 is 0. The minimum atomic E-state index is 0.102. The standard InChI is InChI=1S/C21H30N6O/c1-14-10-22-7-4-16-18(14)24-17-5-8-23-27(17)19(16)26-11-15(12-26)20(28)25-9-6-21(2,3)13-25/h5,8,14-15,22H,4,6-7,9-13H2,1-3H3. The van der Waals surface area contributed by atoms with E-state index in [9.17, 15) is 4.79 Å². The number of anilines is 1. The predicted molar refractivity (Wildman–Crippen MR) is 109 cm³/mol. The Kier molecular flexibility index (Phi) is 4.12. The van der Waals surface area contributed by atoms with Crippen LogP contribution in [-0.4, -0.2) is 64.7 Å². The Morgan fingerprint density at radius 1 is 1.32 bits per heavy atom. The van der Waals surface area contributed by atoms with Crippen molar-refractivity contribution in [2.75, 3.05) is 44.2 Å². The van der Waals surface area contributed by atoms with Crippen LogP contribution in [0.5, 0.6) is 0 Å². The Morgan fingerprint density at radius 2 is 2.14 bits per heavy atom. The zero-order chi connectivity index (χ0) is 19.5. The van der Waals surface area contributed by atoms with Crippen LogP contribution >= 0.6 is 0 Å². The van der Waals surface area contributed by atoms with E-state index in [2.05, 4.69) is 41.0 Å². The Balaban J connectivity index is 1.41. The smallest absolute Gasteiger partial charge is 0.229 e. The average Bonchev–Trinajstić information content (AvgIpc) is 3.18. The van der Waals surface area contributed by atoms with E-state index in [4.69, 9.17) is 4.98 Å². The fraction of sp³-hybridized carbons (Fsp3) is 0.667. The van der Waals surface area contributed by atoms with Crippen molar-refractivity contribution < 1.29 is 4.79 Å². The number of rotatable bonds is 2. The van der Waals surface area contributed by atoms with Crippen molar-refractivity contribution in [1.29, 1.82) is 0 Å². The van der Waals surface area contributed by atoms with Crippen molar-refractivity contribution in [3.63, 3.8) is 0 Å². The van der Waals surface area contributed by atoms with Gasteiger partial charge in [0.25, 0.3) is 0 Å². The Labute approximate surface area is 166 Å². The van der Waals surface area contributed by atoms with E-state index < -0.39 is 0 Å². The largest absolute Gasteiger partial charge is 0.354 e. The van der Waals surface area contributed by atoms with Crippen LogP contribution in [0.25, 0.3) is 5.65 Å². The number of aromatic nitrogens is 3. The van der Waals surface area contributed by atoms with Crippen LogP contribution in [0.1, 0.15) is 44.4 Å². The lowest BCUT2D eigenvalue weighted by Crippen LogP contribution is -2.55. The number of carbonyl (C=O) groups excluding carboxylic acids is 1. The van der Waals surface area contributed by atoms with Crippen LogP contribution in [-0.2, 0) is 11.2 Å². The van der Waals surface area contributed by atoms with E-state index in [1.54, 1.807) is 0 Å². The second-order valence-electron chi connectivity index (χ2n) is 9.53. The van der Waals surface area contributed by atoms with Gasteiger partial charge in [0, 0.05) is 50.3 Å². The Bertz CT molecular complexity index is 913. The lowest BCUT2D eigenvalue weighted by molar-refractivity contribution is -0.135. The molecule has 2 aromatic rings. The summed E-state index contributed by atoms with van der Waals surface area (Å²) in [6.07, 6.45) is 3.88. The molecule has 2 aromatic heterocycles. The molecule has 1 amide bonds. The van der Waals surface area contributed by atoms with Crippen molar-refractivity contribution in [2.24, 2.45) is 11.3 Å². The number of nitrogens with zero attached hydrogens (tertiary/aromatic N) is 5. The maximum Gasteiger partial charge on any atom is 0.229 e. The number of carbonyl (C=O) groups is 1. The molecule has 2 fully saturated rings. The number of hydrogen-bond donors (Lipinski definition) is 1. The van der Waals surface area contributed by atoms with E-state index in [-0.39, 0.29) is 11.3 Å². The highest BCUT2D eigenvalue weighted by Gasteiger charge is 2.41. The van der Waals surface area contributed by atoms with Gasteiger partial charge in [-0.1, -0.05) is 20.8 Å². The number of likely N-dealkylation sites (tertiary alicyclic amines) is 1. The van der Waals surface area contributed by atoms with Crippen LogP contribution in [0.15, 0.2) is 12.3 Å². The van der Waals surface area contributed by atoms with Gasteiger partial charge < -0.3 is 15.1 Å². The zero-order valence-electron chi connectivity index (χ0n) is 17.1. The van der Waals surface area contributed by atoms with Crippen LogP contribution in [0.4, 0.5) is 5.82 Å². The maximum atomic E-state index is 13.0. The first-order valence-electron chi connectivity index (χ1n) is 10.5. The SMILES string of the molecule is CC1CNCCc2c1nc1ccnn1c2N1CC(C(=O)N2CCC(C)(C)C2)C1. The van der Waals surface area contributed by atoms with Gasteiger partial charge >= 0.3 is 0 Å². The van der Waals surface area contributed by atoms with E-state index in [1.807, 2.05) is 16.8 Å². The van der Waals surface area contributed by atoms with E-state index in [0.29, 0.717) is 11.8 Å². The third-order valence-corrected chi connectivity index (χ3v) is 6.63. The molecular weight excluding hydrogens is 352 g/mol. The normalized spacial score (nSPS) is 24.9. The quantitative estimate of drug-likeness (QED) is 0.856. The summed E-state index contributed by atoms with van der Waals surface area (Å²) in [5.74, 6) is 1.95. The van der Waals surface area contributed by atoms with Crippen molar-refractivity contribution >= 4 is 17.4 Å². The third-order valence-electron chi connectivity index (χ3n) is 6.63. The summed E-state index contributed by atoms with van der Waals surface area (Å²) < 4.78 is 1.97. The van der Waals surface area contributed by atoms with Gasteiger partial charge in [-0.05, 0) is 24.8 Å². The van der Waals surface area contributed by atoms with Gasteiger partial charge in [0.05, 0.1) is 17.8 Å². The summed E-state index contributed by atoms with van der Waals surface area (Å²) in [5.41, 5.74) is 3.64. The molecule has 2 saturated heterocycles. The fourth-order valence-electron chi connectivity index (χ4n) is 4.94. The highest BCUT2D eigenvalue weighted by atomic mass is 16.2. The number of nitrogens with one attached hydrogen (secondary N) is 1. The fourth-order valence-corrected chi connectivity index (χ4v) is 4.94. The number of hydrogen-bond acceptors (Lipinski definition) is 5. The molecule has 5 rings (SSSR count). The summed E-state index contributed by atoms with van der Waals surface area (Å²) in [6, 6.07) is 1.98. The Hall–Kier alpha value is -2.15. The molecule has 3 aliphatic rings. The van der Waals surface area contributed by atoms with Crippen LogP contribution in [0.2, 0.25) is 0 Å². The molecule has 0 bridgehead atoms. The number of amides is 1. The molecular formula is C21H30N6O. The van der Waals surface area contributed by atoms with Crippen molar-refractivity contribution in [1.82, 2.24) is 24.8 Å². The van der Waals surface area contributed by atoms with Crippen LogP contribution in [0.3, 0.4) is 0 Å². The van der Waals surface area contributed by atoms with Gasteiger partial charge in [-0.2, -0.15) is 9.61 Å². The van der Waals surface area contributed by atoms with Crippen molar-refractivity contribution in [3.8, 4) is 0 Å². The minimum Gasteiger partial charge on any atom is -0.354 e. The highest BCUT2D eigenvalue weighted by molar-refractivity contribution is 5.82. The topological polar surface area (TPSA) is 65.8 Å². The summed E-state index contributed by atoms with van der Waals surface area (Å²) in [5, 5.41) is 8.06. The van der Waals surface area contributed by atoms with Gasteiger partial charge in [0.1, 0.15) is 5.82 Å². The van der Waals surface area contributed by atoms with E-state index in [1.165, 1.54) is 11.3 Å². The Morgan fingerprint density at radius 3 is 2.89 bits per heavy atom. The van der Waals surface area contributed by atoms with Gasteiger partial charge in [-0.25, -0.2) is 4.98 Å². The molecule has 1 unspecified atom stereocenters. The molecule has 0 aromatic carbocycles. The first kappa shape index (κ1) is 17.9. The third kappa shape index (κ3) is 2.87. The first-order chi connectivity index (χ1) is 13.4. The molecule has 1 N–H and O–H groups in total. The molecule has 3 aliphatic heterocycles. The van der Waals surface area contributed by atoms with E-state index in [0.717, 1.165) is 63.6 Å². The molecule has 7 nitrogen and oxygen atoms in total. The second kappa shape index (κ2) is 6.44. The lowest BCUT2D eigenvalue weighted by atomic mass is 9.93. The van der Waals surface area contributed by atoms with Gasteiger partial charge in [-0.15, -0.1) is 0 Å². The first-order valence-corrected chi connectivity index (χ1v) is 10.5. The second-order valence-corrected chi connectivity index (χ2v) is 9.53. The summed E-state index contributed by atoms with van der Waals surface area (Å²) in [6.45, 7) is 12.0. The molecule has 5 heterocycles.